The van der Waals surface area contributed by atoms with E-state index in [0.29, 0.717) is 12.0 Å². The van der Waals surface area contributed by atoms with Crippen LogP contribution < -0.4 is 5.32 Å². The largest absolute Gasteiger partial charge is 0.388 e. The number of anilines is 1. The van der Waals surface area contributed by atoms with Gasteiger partial charge in [-0.25, -0.2) is 0 Å². The van der Waals surface area contributed by atoms with Crippen molar-refractivity contribution in [3.05, 3.63) is 65.2 Å². The molecule has 3 rings (SSSR count). The fraction of sp³-hybridized carbons (Fsp3) is 0.458. The molecule has 1 aliphatic rings. The highest BCUT2D eigenvalue weighted by atomic mass is 16.5. The molecule has 5 nitrogen and oxygen atoms in total. The van der Waals surface area contributed by atoms with Gasteiger partial charge in [0.05, 0.1) is 19.3 Å². The Morgan fingerprint density at radius 2 is 1.69 bits per heavy atom. The van der Waals surface area contributed by atoms with Crippen LogP contribution in [0.1, 0.15) is 54.8 Å². The Hall–Kier alpha value is -2.21. The zero-order valence-corrected chi connectivity index (χ0v) is 17.6. The third-order valence-electron chi connectivity index (χ3n) is 5.39. The van der Waals surface area contributed by atoms with Gasteiger partial charge in [-0.1, -0.05) is 45.0 Å². The molecule has 2 N–H and O–H groups in total. The monoisotopic (exact) mass is 396 g/mol. The Kier molecular flexibility index (Phi) is 7.06. The van der Waals surface area contributed by atoms with Gasteiger partial charge in [0.25, 0.3) is 5.91 Å². The van der Waals surface area contributed by atoms with Crippen LogP contribution in [-0.2, 0) is 10.2 Å². The maximum atomic E-state index is 12.5. The number of carbonyl (C=O) groups excluding carboxylic acids is 1. The smallest absolute Gasteiger partial charge is 0.255 e. The predicted molar refractivity (Wildman–Crippen MR) is 116 cm³/mol. The van der Waals surface area contributed by atoms with E-state index < -0.39 is 6.10 Å². The molecule has 5 heteroatoms. The van der Waals surface area contributed by atoms with Crippen LogP contribution in [0.4, 0.5) is 5.69 Å². The van der Waals surface area contributed by atoms with E-state index in [1.165, 1.54) is 5.56 Å². The maximum absolute atomic E-state index is 12.5. The van der Waals surface area contributed by atoms with Gasteiger partial charge in [0, 0.05) is 30.9 Å². The average molecular weight is 397 g/mol. The highest BCUT2D eigenvalue weighted by Crippen LogP contribution is 2.23. The number of rotatable bonds is 6. The van der Waals surface area contributed by atoms with Gasteiger partial charge in [-0.05, 0) is 47.2 Å². The topological polar surface area (TPSA) is 61.8 Å². The molecule has 1 saturated heterocycles. The minimum absolute atomic E-state index is 0.0629. The summed E-state index contributed by atoms with van der Waals surface area (Å²) >= 11 is 0. The highest BCUT2D eigenvalue weighted by Gasteiger charge is 2.15. The second-order valence-corrected chi connectivity index (χ2v) is 8.66. The summed E-state index contributed by atoms with van der Waals surface area (Å²) in [5.74, 6) is -0.133. The molecule has 156 valence electrons. The number of morpholine rings is 1. The Labute approximate surface area is 173 Å². The zero-order chi connectivity index (χ0) is 20.9. The van der Waals surface area contributed by atoms with Gasteiger partial charge < -0.3 is 15.2 Å². The molecule has 0 saturated carbocycles. The van der Waals surface area contributed by atoms with E-state index >= 15 is 0 Å². The number of nitrogens with one attached hydrogen (secondary N) is 1. The van der Waals surface area contributed by atoms with Crippen LogP contribution in [0.3, 0.4) is 0 Å². The summed E-state index contributed by atoms with van der Waals surface area (Å²) in [5, 5.41) is 13.4. The van der Waals surface area contributed by atoms with E-state index in [1.54, 1.807) is 0 Å². The van der Waals surface area contributed by atoms with E-state index in [1.807, 2.05) is 48.5 Å². The Bertz CT molecular complexity index is 788. The van der Waals surface area contributed by atoms with Crippen molar-refractivity contribution < 1.29 is 14.6 Å². The lowest BCUT2D eigenvalue weighted by Crippen LogP contribution is -2.37. The summed E-state index contributed by atoms with van der Waals surface area (Å²) in [5.41, 5.74) is 3.48. The van der Waals surface area contributed by atoms with Crippen molar-refractivity contribution in [1.29, 1.82) is 0 Å². The number of aliphatic hydroxyl groups is 1. The van der Waals surface area contributed by atoms with Crippen LogP contribution >= 0.6 is 0 Å². The minimum Gasteiger partial charge on any atom is -0.388 e. The standard InChI is InChI=1S/C24H32N2O3/c1-24(2,3)20-8-4-19(5-9-20)23(28)25-21-10-6-18(7-11-21)22(27)12-13-26-14-16-29-17-15-26/h4-11,22,27H,12-17H2,1-3H3,(H,25,28). The average Bonchev–Trinajstić information content (AvgIpc) is 2.73. The molecule has 1 unspecified atom stereocenters. The van der Waals surface area contributed by atoms with E-state index in [9.17, 15) is 9.90 Å². The van der Waals surface area contributed by atoms with Crippen molar-refractivity contribution in [3.63, 3.8) is 0 Å². The number of nitrogens with zero attached hydrogens (tertiary/aromatic N) is 1. The second kappa shape index (κ2) is 9.53. The van der Waals surface area contributed by atoms with E-state index in [2.05, 4.69) is 31.0 Å². The third kappa shape index (κ3) is 6.13. The maximum Gasteiger partial charge on any atom is 0.255 e. The zero-order valence-electron chi connectivity index (χ0n) is 17.6. The van der Waals surface area contributed by atoms with Crippen molar-refractivity contribution in [2.24, 2.45) is 0 Å². The summed E-state index contributed by atoms with van der Waals surface area (Å²) < 4.78 is 5.35. The van der Waals surface area contributed by atoms with Gasteiger partial charge in [0.1, 0.15) is 0 Å². The molecule has 0 spiro atoms. The van der Waals surface area contributed by atoms with Crippen LogP contribution in [0.2, 0.25) is 0 Å². The number of amides is 1. The summed E-state index contributed by atoms with van der Waals surface area (Å²) in [4.78, 5) is 14.8. The summed E-state index contributed by atoms with van der Waals surface area (Å²) in [6.07, 6.45) is 0.179. The lowest BCUT2D eigenvalue weighted by atomic mass is 9.87. The van der Waals surface area contributed by atoms with E-state index in [0.717, 1.165) is 44.1 Å². The Morgan fingerprint density at radius 1 is 1.07 bits per heavy atom. The van der Waals surface area contributed by atoms with Crippen LogP contribution in [0.25, 0.3) is 0 Å². The number of hydrogen-bond acceptors (Lipinski definition) is 4. The van der Waals surface area contributed by atoms with Crippen molar-refractivity contribution in [2.75, 3.05) is 38.2 Å². The van der Waals surface area contributed by atoms with Gasteiger partial charge in [-0.15, -0.1) is 0 Å². The number of ether oxygens (including phenoxy) is 1. The van der Waals surface area contributed by atoms with Crippen molar-refractivity contribution in [1.82, 2.24) is 4.90 Å². The van der Waals surface area contributed by atoms with Gasteiger partial charge in [-0.3, -0.25) is 9.69 Å². The Morgan fingerprint density at radius 3 is 2.28 bits per heavy atom. The van der Waals surface area contributed by atoms with Gasteiger partial charge >= 0.3 is 0 Å². The molecule has 0 aliphatic carbocycles. The van der Waals surface area contributed by atoms with Gasteiger partial charge in [0.15, 0.2) is 0 Å². The first kappa shape index (κ1) is 21.5. The first-order valence-corrected chi connectivity index (χ1v) is 10.3. The first-order chi connectivity index (χ1) is 13.8. The highest BCUT2D eigenvalue weighted by molar-refractivity contribution is 6.04. The molecule has 0 bridgehead atoms. The normalized spacial score (nSPS) is 16.4. The lowest BCUT2D eigenvalue weighted by molar-refractivity contribution is 0.0300. The molecule has 1 atom stereocenters. The number of benzene rings is 2. The quantitative estimate of drug-likeness (QED) is 0.775. The molecule has 2 aromatic carbocycles. The number of hydrogen-bond donors (Lipinski definition) is 2. The fourth-order valence-corrected chi connectivity index (χ4v) is 3.41. The second-order valence-electron chi connectivity index (χ2n) is 8.66. The van der Waals surface area contributed by atoms with Crippen LogP contribution in [0, 0.1) is 0 Å². The van der Waals surface area contributed by atoms with Crippen LogP contribution in [-0.4, -0.2) is 48.8 Å². The lowest BCUT2D eigenvalue weighted by Gasteiger charge is -2.27. The molecule has 2 aromatic rings. The minimum atomic E-state index is -0.507. The molecular weight excluding hydrogens is 364 g/mol. The predicted octanol–water partition coefficient (Wildman–Crippen LogP) is 3.99. The number of carbonyl (C=O) groups is 1. The molecule has 29 heavy (non-hydrogen) atoms. The molecule has 1 aliphatic heterocycles. The summed E-state index contributed by atoms with van der Waals surface area (Å²) in [6, 6.07) is 15.2. The molecule has 0 radical (unpaired) electrons. The summed E-state index contributed by atoms with van der Waals surface area (Å²) in [7, 11) is 0. The van der Waals surface area contributed by atoms with E-state index in [-0.39, 0.29) is 11.3 Å². The van der Waals surface area contributed by atoms with Gasteiger partial charge in [-0.2, -0.15) is 0 Å². The molecule has 0 aromatic heterocycles. The van der Waals surface area contributed by atoms with Crippen LogP contribution in [0.15, 0.2) is 48.5 Å². The molecule has 1 fully saturated rings. The third-order valence-corrected chi connectivity index (χ3v) is 5.39. The molecule has 1 amide bonds. The SMILES string of the molecule is CC(C)(C)c1ccc(C(=O)Nc2ccc(C(O)CCN3CCOCC3)cc2)cc1. The molecular formula is C24H32N2O3. The van der Waals surface area contributed by atoms with Crippen LogP contribution in [0.5, 0.6) is 0 Å². The first-order valence-electron chi connectivity index (χ1n) is 10.3. The summed E-state index contributed by atoms with van der Waals surface area (Å²) in [6.45, 7) is 10.7. The van der Waals surface area contributed by atoms with Crippen molar-refractivity contribution in [2.45, 2.75) is 38.7 Å². The fourth-order valence-electron chi connectivity index (χ4n) is 3.41. The number of aliphatic hydroxyl groups excluding tert-OH is 1. The van der Waals surface area contributed by atoms with Crippen molar-refractivity contribution in [3.8, 4) is 0 Å². The van der Waals surface area contributed by atoms with E-state index in [4.69, 9.17) is 4.74 Å². The van der Waals surface area contributed by atoms with Gasteiger partial charge in [0.2, 0.25) is 0 Å². The van der Waals surface area contributed by atoms with Crippen molar-refractivity contribution >= 4 is 11.6 Å². The Balaban J connectivity index is 1.53. The molecule has 1 heterocycles.